The summed E-state index contributed by atoms with van der Waals surface area (Å²) in [6, 6.07) is 7.33. The maximum atomic E-state index is 10.0. The molecule has 1 aliphatic rings. The smallest absolute Gasteiger partial charge is 0.216 e. The second-order valence-corrected chi connectivity index (χ2v) is 6.51. The molecule has 30 heavy (non-hydrogen) atoms. The number of hydrogen-bond acceptors (Lipinski definition) is 4. The Balaban J connectivity index is 0.000000757. The zero-order chi connectivity index (χ0) is 22.4. The molecule has 0 saturated heterocycles. The average Bonchev–Trinajstić information content (AvgIpc) is 2.80. The van der Waals surface area contributed by atoms with E-state index in [9.17, 15) is 10.2 Å². The lowest BCUT2D eigenvalue weighted by atomic mass is 9.90. The van der Waals surface area contributed by atoms with Crippen molar-refractivity contribution in [2.75, 3.05) is 14.2 Å². The van der Waals surface area contributed by atoms with Crippen LogP contribution < -0.4 is 14.0 Å². The SMILES string of the molecule is CC.CC.CCc1c2[n+](cc3c(OC)c(OC)ccc13)CCc1cc(O)c(O)cc1-2. The predicted octanol–water partition coefficient (Wildman–Crippen LogP) is 5.39. The van der Waals surface area contributed by atoms with Gasteiger partial charge in [-0.1, -0.05) is 34.6 Å². The molecule has 0 radical (unpaired) electrons. The molecule has 0 amide bonds. The number of aromatic hydroxyl groups is 2. The first-order chi connectivity index (χ1) is 14.6. The van der Waals surface area contributed by atoms with Crippen molar-refractivity contribution < 1.29 is 24.3 Å². The first-order valence-electron chi connectivity index (χ1n) is 10.7. The van der Waals surface area contributed by atoms with E-state index in [1.165, 1.54) is 5.56 Å². The lowest BCUT2D eigenvalue weighted by Crippen LogP contribution is -2.41. The normalized spacial score (nSPS) is 11.3. The van der Waals surface area contributed by atoms with Gasteiger partial charge in [0.2, 0.25) is 5.69 Å². The number of methoxy groups -OCH3 is 2. The molecule has 0 saturated carbocycles. The summed E-state index contributed by atoms with van der Waals surface area (Å²) in [5.74, 6) is 1.28. The van der Waals surface area contributed by atoms with E-state index in [0.717, 1.165) is 52.7 Å². The third kappa shape index (κ3) is 3.89. The second kappa shape index (κ2) is 10.2. The Morgan fingerprint density at radius 3 is 2.20 bits per heavy atom. The maximum Gasteiger partial charge on any atom is 0.216 e. The maximum absolute atomic E-state index is 10.0. The number of nitrogens with zero attached hydrogens (tertiary/aromatic N) is 1. The Bertz CT molecular complexity index is 1030. The van der Waals surface area contributed by atoms with Crippen LogP contribution in [0.15, 0.2) is 30.5 Å². The van der Waals surface area contributed by atoms with Crippen LogP contribution in [0.2, 0.25) is 0 Å². The Labute approximate surface area is 179 Å². The number of hydrogen-bond donors (Lipinski definition) is 2. The summed E-state index contributed by atoms with van der Waals surface area (Å²) in [5.41, 5.74) is 4.30. The molecule has 2 heterocycles. The van der Waals surface area contributed by atoms with Crippen LogP contribution in [0.5, 0.6) is 23.0 Å². The van der Waals surface area contributed by atoms with Crippen LogP contribution >= 0.6 is 0 Å². The average molecular weight is 413 g/mol. The molecule has 0 fully saturated rings. The Kier molecular flexibility index (Phi) is 7.93. The molecule has 5 nitrogen and oxygen atoms in total. The molecule has 3 aromatic rings. The van der Waals surface area contributed by atoms with Gasteiger partial charge in [0.25, 0.3) is 0 Å². The third-order valence-electron chi connectivity index (χ3n) is 5.20. The molecule has 0 spiro atoms. The molecule has 2 aromatic carbocycles. The molecule has 2 N–H and O–H groups in total. The number of benzene rings is 2. The molecule has 0 unspecified atom stereocenters. The van der Waals surface area contributed by atoms with Crippen molar-refractivity contribution in [2.45, 2.75) is 54.0 Å². The Morgan fingerprint density at radius 2 is 1.60 bits per heavy atom. The van der Waals surface area contributed by atoms with Gasteiger partial charge in [0.15, 0.2) is 35.7 Å². The highest BCUT2D eigenvalue weighted by molar-refractivity contribution is 5.95. The Hall–Kier alpha value is -2.95. The van der Waals surface area contributed by atoms with Crippen molar-refractivity contribution in [3.8, 4) is 34.3 Å². The van der Waals surface area contributed by atoms with Crippen LogP contribution in [0.25, 0.3) is 22.0 Å². The van der Waals surface area contributed by atoms with Gasteiger partial charge in [0.1, 0.15) is 0 Å². The minimum absolute atomic E-state index is 0.0672. The van der Waals surface area contributed by atoms with E-state index in [1.54, 1.807) is 26.4 Å². The molecule has 5 heteroatoms. The van der Waals surface area contributed by atoms with Gasteiger partial charge in [-0.05, 0) is 36.2 Å². The minimum atomic E-state index is -0.0911. The quantitative estimate of drug-likeness (QED) is 0.447. The van der Waals surface area contributed by atoms with Crippen LogP contribution in [0.4, 0.5) is 0 Å². The summed E-state index contributed by atoms with van der Waals surface area (Å²) in [6.45, 7) is 10.9. The van der Waals surface area contributed by atoms with Gasteiger partial charge >= 0.3 is 0 Å². The van der Waals surface area contributed by atoms with Gasteiger partial charge in [-0.15, -0.1) is 0 Å². The lowest BCUT2D eigenvalue weighted by Gasteiger charge is -2.20. The fourth-order valence-electron chi connectivity index (χ4n) is 4.00. The van der Waals surface area contributed by atoms with E-state index < -0.39 is 0 Å². The summed E-state index contributed by atoms with van der Waals surface area (Å²) in [7, 11) is 3.30. The highest BCUT2D eigenvalue weighted by atomic mass is 16.5. The molecular weight excluding hydrogens is 378 g/mol. The summed E-state index contributed by atoms with van der Waals surface area (Å²) < 4.78 is 13.3. The molecule has 0 aliphatic carbocycles. The van der Waals surface area contributed by atoms with Crippen LogP contribution in [-0.4, -0.2) is 24.4 Å². The first kappa shape index (κ1) is 23.3. The highest BCUT2D eigenvalue weighted by Crippen LogP contribution is 2.41. The number of aryl methyl sites for hydroxylation is 3. The number of fused-ring (bicyclic) bond motifs is 4. The topological polar surface area (TPSA) is 62.8 Å². The summed E-state index contributed by atoms with van der Waals surface area (Å²) in [4.78, 5) is 0. The van der Waals surface area contributed by atoms with Crippen molar-refractivity contribution in [2.24, 2.45) is 0 Å². The largest absolute Gasteiger partial charge is 0.504 e. The van der Waals surface area contributed by atoms with Gasteiger partial charge in [-0.2, -0.15) is 4.57 Å². The van der Waals surface area contributed by atoms with E-state index in [1.807, 2.05) is 33.8 Å². The minimum Gasteiger partial charge on any atom is -0.504 e. The van der Waals surface area contributed by atoms with E-state index in [-0.39, 0.29) is 11.5 Å². The van der Waals surface area contributed by atoms with Crippen molar-refractivity contribution >= 4 is 10.8 Å². The van der Waals surface area contributed by atoms with Crippen molar-refractivity contribution in [1.82, 2.24) is 0 Å². The van der Waals surface area contributed by atoms with E-state index in [0.29, 0.717) is 5.75 Å². The highest BCUT2D eigenvalue weighted by Gasteiger charge is 2.30. The molecule has 4 rings (SSSR count). The first-order valence-corrected chi connectivity index (χ1v) is 10.7. The number of phenols is 2. The molecule has 162 valence electrons. The number of aromatic nitrogens is 1. The van der Waals surface area contributed by atoms with Crippen LogP contribution in [0, 0.1) is 0 Å². The zero-order valence-electron chi connectivity index (χ0n) is 19.2. The number of ether oxygens (including phenoxy) is 2. The van der Waals surface area contributed by atoms with Gasteiger partial charge in [0.05, 0.1) is 25.2 Å². The van der Waals surface area contributed by atoms with Crippen LogP contribution in [0.3, 0.4) is 0 Å². The van der Waals surface area contributed by atoms with Gasteiger partial charge in [0, 0.05) is 17.4 Å². The number of phenolic OH excluding ortho intramolecular Hbond substituents is 2. The van der Waals surface area contributed by atoms with Gasteiger partial charge in [-0.25, -0.2) is 0 Å². The second-order valence-electron chi connectivity index (χ2n) is 6.51. The number of pyridine rings is 1. The van der Waals surface area contributed by atoms with Crippen molar-refractivity contribution in [3.63, 3.8) is 0 Å². The monoisotopic (exact) mass is 412 g/mol. The van der Waals surface area contributed by atoms with Gasteiger partial charge in [-0.3, -0.25) is 0 Å². The van der Waals surface area contributed by atoms with Crippen molar-refractivity contribution in [3.05, 3.63) is 41.6 Å². The zero-order valence-corrected chi connectivity index (χ0v) is 19.2. The van der Waals surface area contributed by atoms with Crippen LogP contribution in [0.1, 0.15) is 45.7 Å². The summed E-state index contributed by atoms with van der Waals surface area (Å²) in [5, 5.41) is 22.0. The lowest BCUT2D eigenvalue weighted by molar-refractivity contribution is -0.686. The van der Waals surface area contributed by atoms with E-state index in [4.69, 9.17) is 9.47 Å². The fraction of sp³-hybridized carbons (Fsp3) is 0.400. The molecular formula is C25H34NO4+. The van der Waals surface area contributed by atoms with E-state index >= 15 is 0 Å². The summed E-state index contributed by atoms with van der Waals surface area (Å²) in [6.07, 6.45) is 3.73. The molecule has 1 aromatic heterocycles. The van der Waals surface area contributed by atoms with Crippen LogP contribution in [-0.2, 0) is 19.4 Å². The fourth-order valence-corrected chi connectivity index (χ4v) is 4.00. The molecule has 0 atom stereocenters. The summed E-state index contributed by atoms with van der Waals surface area (Å²) >= 11 is 0. The van der Waals surface area contributed by atoms with E-state index in [2.05, 4.69) is 23.8 Å². The Morgan fingerprint density at radius 1 is 0.933 bits per heavy atom. The predicted molar refractivity (Wildman–Crippen MR) is 122 cm³/mol. The number of rotatable bonds is 3. The van der Waals surface area contributed by atoms with Crippen molar-refractivity contribution in [1.29, 1.82) is 0 Å². The molecule has 1 aliphatic heterocycles. The third-order valence-corrected chi connectivity index (χ3v) is 5.20. The standard InChI is InChI=1S/C21H21NO4.2C2H6/c1-4-13-14-5-6-19(25-2)21(26-3)16(14)11-22-8-7-12-9-17(23)18(24)10-15(12)20(13)22;2*1-2/h5-6,9-11,24H,4,7-8H2,1-3H3;2*1-2H3/p+1. The van der Waals surface area contributed by atoms with Gasteiger partial charge < -0.3 is 19.7 Å². The molecule has 0 bridgehead atoms.